The first kappa shape index (κ1) is 13.9. The van der Waals surface area contributed by atoms with Crippen molar-refractivity contribution < 1.29 is 9.53 Å². The van der Waals surface area contributed by atoms with Crippen LogP contribution in [0.4, 0.5) is 5.69 Å². The van der Waals surface area contributed by atoms with Crippen LogP contribution in [-0.4, -0.2) is 25.6 Å². The minimum atomic E-state index is -0.00665. The normalized spacial score (nSPS) is 15.9. The zero-order chi connectivity index (χ0) is 13.7. The maximum absolute atomic E-state index is 11.8. The Balaban J connectivity index is 1.70. The van der Waals surface area contributed by atoms with Gasteiger partial charge in [-0.2, -0.15) is 0 Å². The van der Waals surface area contributed by atoms with Gasteiger partial charge in [-0.05, 0) is 43.5 Å². The number of amides is 1. The molecular weight excluding hydrogens is 240 g/mol. The van der Waals surface area contributed by atoms with Gasteiger partial charge in [0.25, 0.3) is 0 Å². The van der Waals surface area contributed by atoms with E-state index in [0.717, 1.165) is 17.4 Å². The van der Waals surface area contributed by atoms with Crippen molar-refractivity contribution in [3.8, 4) is 5.75 Å². The molecule has 1 aromatic rings. The minimum Gasteiger partial charge on any atom is -0.497 e. The van der Waals surface area contributed by atoms with E-state index < -0.39 is 0 Å². The van der Waals surface area contributed by atoms with Gasteiger partial charge in [-0.15, -0.1) is 0 Å². The van der Waals surface area contributed by atoms with Crippen molar-refractivity contribution in [1.29, 1.82) is 0 Å². The lowest BCUT2D eigenvalue weighted by Gasteiger charge is -2.13. The molecule has 1 unspecified atom stereocenters. The number of hydrogen-bond acceptors (Lipinski definition) is 3. The van der Waals surface area contributed by atoms with Crippen molar-refractivity contribution in [3.63, 3.8) is 0 Å². The summed E-state index contributed by atoms with van der Waals surface area (Å²) in [5.74, 6) is 1.66. The molecule has 0 radical (unpaired) electrons. The molecule has 0 bridgehead atoms. The lowest BCUT2D eigenvalue weighted by molar-refractivity contribution is -0.115. The van der Waals surface area contributed by atoms with Crippen molar-refractivity contribution in [2.45, 2.75) is 32.2 Å². The van der Waals surface area contributed by atoms with Gasteiger partial charge in [-0.3, -0.25) is 4.79 Å². The smallest absolute Gasteiger partial charge is 0.238 e. The second-order valence-electron chi connectivity index (χ2n) is 5.24. The third-order valence-corrected chi connectivity index (χ3v) is 3.37. The molecule has 1 aliphatic carbocycles. The van der Waals surface area contributed by atoms with E-state index in [4.69, 9.17) is 4.74 Å². The van der Waals surface area contributed by atoms with E-state index in [0.29, 0.717) is 12.6 Å². The van der Waals surface area contributed by atoms with Gasteiger partial charge in [0.1, 0.15) is 5.75 Å². The van der Waals surface area contributed by atoms with Crippen LogP contribution in [0.3, 0.4) is 0 Å². The Labute approximate surface area is 114 Å². The lowest BCUT2D eigenvalue weighted by Crippen LogP contribution is -2.34. The molecular formula is C15H22N2O2. The van der Waals surface area contributed by atoms with Gasteiger partial charge in [0.05, 0.1) is 13.7 Å². The number of nitrogens with one attached hydrogen (secondary N) is 2. The van der Waals surface area contributed by atoms with E-state index in [9.17, 15) is 4.79 Å². The van der Waals surface area contributed by atoms with Gasteiger partial charge in [-0.25, -0.2) is 0 Å². The Hall–Kier alpha value is -1.55. The maximum atomic E-state index is 11.8. The van der Waals surface area contributed by atoms with Crippen LogP contribution in [0.1, 0.15) is 26.2 Å². The van der Waals surface area contributed by atoms with Crippen molar-refractivity contribution in [2.75, 3.05) is 19.0 Å². The molecule has 19 heavy (non-hydrogen) atoms. The number of benzene rings is 1. The summed E-state index contributed by atoms with van der Waals surface area (Å²) in [6.45, 7) is 2.50. The number of anilines is 1. The van der Waals surface area contributed by atoms with E-state index in [1.165, 1.54) is 19.3 Å². The van der Waals surface area contributed by atoms with Crippen molar-refractivity contribution in [3.05, 3.63) is 24.3 Å². The second kappa shape index (κ2) is 6.57. The van der Waals surface area contributed by atoms with Crippen molar-refractivity contribution in [1.82, 2.24) is 5.32 Å². The minimum absolute atomic E-state index is 0.00665. The molecule has 104 valence electrons. The molecule has 1 aliphatic rings. The van der Waals surface area contributed by atoms with E-state index in [-0.39, 0.29) is 5.91 Å². The first-order chi connectivity index (χ1) is 9.17. The Kier molecular flexibility index (Phi) is 4.80. The molecule has 0 saturated heterocycles. The topological polar surface area (TPSA) is 50.4 Å². The summed E-state index contributed by atoms with van der Waals surface area (Å²) in [5.41, 5.74) is 0.794. The van der Waals surface area contributed by atoms with Gasteiger partial charge in [-0.1, -0.05) is 12.8 Å². The zero-order valence-electron chi connectivity index (χ0n) is 11.6. The summed E-state index contributed by atoms with van der Waals surface area (Å²) in [6.07, 6.45) is 3.88. The van der Waals surface area contributed by atoms with E-state index >= 15 is 0 Å². The van der Waals surface area contributed by atoms with Crippen LogP contribution in [0.15, 0.2) is 24.3 Å². The second-order valence-corrected chi connectivity index (χ2v) is 5.24. The molecule has 0 aliphatic heterocycles. The molecule has 0 spiro atoms. The number of ether oxygens (including phenoxy) is 1. The predicted molar refractivity (Wildman–Crippen MR) is 76.4 cm³/mol. The Bertz CT molecular complexity index is 413. The van der Waals surface area contributed by atoms with E-state index in [1.807, 2.05) is 24.3 Å². The fourth-order valence-electron chi connectivity index (χ4n) is 2.08. The van der Waals surface area contributed by atoms with Crippen molar-refractivity contribution in [2.24, 2.45) is 5.92 Å². The highest BCUT2D eigenvalue weighted by molar-refractivity contribution is 5.92. The highest BCUT2D eigenvalue weighted by atomic mass is 16.5. The van der Waals surface area contributed by atoms with Gasteiger partial charge in [0, 0.05) is 11.7 Å². The molecule has 1 atom stereocenters. The number of rotatable bonds is 7. The average molecular weight is 262 g/mol. The number of carbonyl (C=O) groups is 1. The van der Waals surface area contributed by atoms with Crippen LogP contribution in [0.2, 0.25) is 0 Å². The first-order valence-electron chi connectivity index (χ1n) is 6.84. The SMILES string of the molecule is COc1ccc(NC(=O)CNC(C)CC2CC2)cc1. The zero-order valence-corrected chi connectivity index (χ0v) is 11.6. The summed E-state index contributed by atoms with van der Waals surface area (Å²) in [7, 11) is 1.62. The molecule has 0 heterocycles. The third-order valence-electron chi connectivity index (χ3n) is 3.37. The molecule has 0 aromatic heterocycles. The van der Waals surface area contributed by atoms with Gasteiger partial charge in [0.15, 0.2) is 0 Å². The van der Waals surface area contributed by atoms with Crippen LogP contribution < -0.4 is 15.4 Å². The van der Waals surface area contributed by atoms with Crippen LogP contribution in [-0.2, 0) is 4.79 Å². The summed E-state index contributed by atoms with van der Waals surface area (Å²) in [6, 6.07) is 7.75. The highest BCUT2D eigenvalue weighted by Gasteiger charge is 2.23. The van der Waals surface area contributed by atoms with Crippen LogP contribution in [0, 0.1) is 5.92 Å². The molecule has 2 N–H and O–H groups in total. The molecule has 4 nitrogen and oxygen atoms in total. The van der Waals surface area contributed by atoms with Gasteiger partial charge in [0.2, 0.25) is 5.91 Å². The predicted octanol–water partition coefficient (Wildman–Crippen LogP) is 2.41. The molecule has 2 rings (SSSR count). The average Bonchev–Trinajstić information content (AvgIpc) is 3.21. The first-order valence-corrected chi connectivity index (χ1v) is 6.84. The summed E-state index contributed by atoms with van der Waals surface area (Å²) < 4.78 is 5.07. The fraction of sp³-hybridized carbons (Fsp3) is 0.533. The third kappa shape index (κ3) is 4.91. The molecule has 1 saturated carbocycles. The number of methoxy groups -OCH3 is 1. The van der Waals surface area contributed by atoms with E-state index in [2.05, 4.69) is 17.6 Å². The highest BCUT2D eigenvalue weighted by Crippen LogP contribution is 2.33. The Morgan fingerprint density at radius 2 is 2.05 bits per heavy atom. The summed E-state index contributed by atoms with van der Waals surface area (Å²) >= 11 is 0. The monoisotopic (exact) mass is 262 g/mol. The fourth-order valence-corrected chi connectivity index (χ4v) is 2.08. The van der Waals surface area contributed by atoms with Crippen LogP contribution >= 0.6 is 0 Å². The maximum Gasteiger partial charge on any atom is 0.238 e. The van der Waals surface area contributed by atoms with E-state index in [1.54, 1.807) is 7.11 Å². The van der Waals surface area contributed by atoms with Gasteiger partial charge < -0.3 is 15.4 Å². The standard InChI is InChI=1S/C15H22N2O2/c1-11(9-12-3-4-12)16-10-15(18)17-13-5-7-14(19-2)8-6-13/h5-8,11-12,16H,3-4,9-10H2,1-2H3,(H,17,18). The molecule has 1 amide bonds. The summed E-state index contributed by atoms with van der Waals surface area (Å²) in [4.78, 5) is 11.8. The van der Waals surface area contributed by atoms with Crippen LogP contribution in [0.25, 0.3) is 0 Å². The molecule has 4 heteroatoms. The largest absolute Gasteiger partial charge is 0.497 e. The van der Waals surface area contributed by atoms with Crippen molar-refractivity contribution >= 4 is 11.6 Å². The Morgan fingerprint density at radius 3 is 2.63 bits per heavy atom. The number of hydrogen-bond donors (Lipinski definition) is 2. The quantitative estimate of drug-likeness (QED) is 0.793. The Morgan fingerprint density at radius 1 is 1.37 bits per heavy atom. The molecule has 1 aromatic carbocycles. The van der Waals surface area contributed by atoms with Gasteiger partial charge >= 0.3 is 0 Å². The van der Waals surface area contributed by atoms with Crippen LogP contribution in [0.5, 0.6) is 5.75 Å². The lowest BCUT2D eigenvalue weighted by atomic mass is 10.1. The summed E-state index contributed by atoms with van der Waals surface area (Å²) in [5, 5.41) is 6.12. The number of carbonyl (C=O) groups excluding carboxylic acids is 1. The molecule has 1 fully saturated rings.